The van der Waals surface area contributed by atoms with Crippen LogP contribution in [0.3, 0.4) is 0 Å². The molecule has 2 aromatic carbocycles. The Morgan fingerprint density at radius 2 is 1.05 bits per heavy atom. The van der Waals surface area contributed by atoms with Gasteiger partial charge in [-0.15, -0.1) is 20.4 Å². The predicted octanol–water partition coefficient (Wildman–Crippen LogP) is 8.28. The van der Waals surface area contributed by atoms with Crippen molar-refractivity contribution in [1.29, 1.82) is 0 Å². The van der Waals surface area contributed by atoms with Crippen molar-refractivity contribution in [2.24, 2.45) is 24.9 Å². The van der Waals surface area contributed by atoms with Gasteiger partial charge in [-0.3, -0.25) is 0 Å². The minimum absolute atomic E-state index is 0.557. The molecule has 10 rings (SSSR count). The molecule has 2 saturated heterocycles. The van der Waals surface area contributed by atoms with Gasteiger partial charge in [-0.2, -0.15) is 0 Å². The summed E-state index contributed by atoms with van der Waals surface area (Å²) in [5.74, 6) is 6.53. The molecule has 58 heavy (non-hydrogen) atoms. The van der Waals surface area contributed by atoms with Crippen LogP contribution in [-0.4, -0.2) is 100 Å². The number of hydrogen-bond acceptors (Lipinski definition) is 12. The summed E-state index contributed by atoms with van der Waals surface area (Å²) in [6.07, 6.45) is 10.7. The van der Waals surface area contributed by atoms with Crippen LogP contribution in [0.5, 0.6) is 0 Å². The summed E-state index contributed by atoms with van der Waals surface area (Å²) < 4.78 is 14.9. The number of oxazole rings is 2. The molecular weight excluding hydrogens is 765 g/mol. The Hall–Kier alpha value is -4.24. The first-order valence-corrected chi connectivity index (χ1v) is 22.7. The highest BCUT2D eigenvalue weighted by molar-refractivity contribution is 7.99. The van der Waals surface area contributed by atoms with Crippen LogP contribution in [0, 0.1) is 24.7 Å². The van der Waals surface area contributed by atoms with Gasteiger partial charge in [0.15, 0.2) is 34.6 Å². The quantitative estimate of drug-likeness (QED) is 0.0777. The van der Waals surface area contributed by atoms with Crippen LogP contribution < -0.4 is 0 Å². The average Bonchev–Trinajstić information content (AvgIpc) is 3.59. The zero-order valence-electron chi connectivity index (χ0n) is 34.1. The highest BCUT2D eigenvalue weighted by atomic mass is 32.2. The second-order valence-electron chi connectivity index (χ2n) is 16.8. The highest BCUT2D eigenvalue weighted by Gasteiger charge is 2.58. The molecule has 304 valence electrons. The summed E-state index contributed by atoms with van der Waals surface area (Å²) in [5.41, 5.74) is 5.86. The van der Waals surface area contributed by atoms with E-state index in [4.69, 9.17) is 8.83 Å². The maximum absolute atomic E-state index is 5.45. The molecule has 4 atom stereocenters. The molecule has 6 aromatic rings. The van der Waals surface area contributed by atoms with Crippen molar-refractivity contribution in [3.05, 3.63) is 96.0 Å². The van der Waals surface area contributed by atoms with Crippen molar-refractivity contribution < 1.29 is 8.83 Å². The van der Waals surface area contributed by atoms with E-state index in [2.05, 4.69) is 101 Å². The Balaban J connectivity index is 0.000000150. The van der Waals surface area contributed by atoms with Gasteiger partial charge in [0, 0.05) is 38.7 Å². The molecule has 2 aliphatic heterocycles. The van der Waals surface area contributed by atoms with Gasteiger partial charge in [-0.05, 0) is 112 Å². The third kappa shape index (κ3) is 8.17. The van der Waals surface area contributed by atoms with E-state index in [1.165, 1.54) is 102 Å². The highest BCUT2D eigenvalue weighted by Crippen LogP contribution is 2.65. The number of thioether (sulfide) groups is 2. The lowest BCUT2D eigenvalue weighted by atomic mass is 9.98. The smallest absolute Gasteiger partial charge is 0.202 e. The van der Waals surface area contributed by atoms with E-state index in [0.29, 0.717) is 22.4 Å². The zero-order chi connectivity index (χ0) is 39.7. The molecule has 0 radical (unpaired) electrons. The lowest BCUT2D eigenvalue weighted by Crippen LogP contribution is -2.23. The molecule has 4 fully saturated rings. The maximum Gasteiger partial charge on any atom is 0.202 e. The molecule has 14 heteroatoms. The van der Waals surface area contributed by atoms with Crippen molar-refractivity contribution in [2.45, 2.75) is 74.5 Å². The summed E-state index contributed by atoms with van der Waals surface area (Å²) in [4.78, 5) is 13.6. The predicted molar refractivity (Wildman–Crippen MR) is 228 cm³/mol. The number of nitrogens with zero attached hydrogens (tertiary/aromatic N) is 10. The average molecular weight is 819 g/mol. The van der Waals surface area contributed by atoms with Crippen molar-refractivity contribution >= 4 is 23.5 Å². The second-order valence-corrected chi connectivity index (χ2v) is 18.9. The SMILES string of the molecule is Cc1ncoc1-c1nnc(SCCCN2CC[C@@]3(C[C@@H]3c3ccccc3)C2)n1C.Cc1ncoc1-c1nnc(SCCCN2CC[C@]3(C[C@H]3c3ccccc3)C2)n1C. The summed E-state index contributed by atoms with van der Waals surface area (Å²) in [6.45, 7) is 11.2. The standard InChI is InChI=1S/2C22H27N5OS/c2*1-16-19(28-15-23-16)20-24-25-21(26(20)2)29-12-6-10-27-11-9-22(14-27)13-18(22)17-7-4-3-5-8-17/h2*3-5,7-8,15,18H,6,9-14H2,1-2H3/t2*18-,22-/m10/s1. The molecule has 4 aromatic heterocycles. The van der Waals surface area contributed by atoms with Crippen LogP contribution in [0.25, 0.3) is 23.2 Å². The third-order valence-corrected chi connectivity index (χ3v) is 15.2. The molecule has 2 spiro atoms. The van der Waals surface area contributed by atoms with Gasteiger partial charge in [0.1, 0.15) is 0 Å². The Morgan fingerprint density at radius 1 is 0.621 bits per heavy atom. The lowest BCUT2D eigenvalue weighted by molar-refractivity contribution is 0.319. The van der Waals surface area contributed by atoms with E-state index in [9.17, 15) is 0 Å². The van der Waals surface area contributed by atoms with Crippen molar-refractivity contribution in [1.82, 2.24) is 49.3 Å². The van der Waals surface area contributed by atoms with Crippen molar-refractivity contribution in [3.8, 4) is 23.2 Å². The Labute approximate surface area is 349 Å². The number of benzene rings is 2. The first kappa shape index (κ1) is 39.2. The van der Waals surface area contributed by atoms with Gasteiger partial charge in [-0.25, -0.2) is 9.97 Å². The van der Waals surface area contributed by atoms with Gasteiger partial charge in [-0.1, -0.05) is 84.2 Å². The van der Waals surface area contributed by atoms with Gasteiger partial charge >= 0.3 is 0 Å². The minimum atomic E-state index is 0.557. The first-order chi connectivity index (χ1) is 28.3. The number of rotatable bonds is 14. The Kier molecular flexibility index (Phi) is 11.4. The van der Waals surface area contributed by atoms with Crippen LogP contribution in [0.2, 0.25) is 0 Å². The fourth-order valence-electron chi connectivity index (χ4n) is 9.47. The fraction of sp³-hybridized carbons (Fsp3) is 0.500. The zero-order valence-corrected chi connectivity index (χ0v) is 35.7. The second kappa shape index (κ2) is 16.8. The van der Waals surface area contributed by atoms with E-state index >= 15 is 0 Å². The Morgan fingerprint density at radius 3 is 1.45 bits per heavy atom. The van der Waals surface area contributed by atoms with E-state index in [0.717, 1.165) is 56.7 Å². The Bertz CT molecular complexity index is 2130. The van der Waals surface area contributed by atoms with Crippen LogP contribution in [-0.2, 0) is 14.1 Å². The van der Waals surface area contributed by atoms with Crippen LogP contribution >= 0.6 is 23.5 Å². The molecule has 4 aliphatic rings. The third-order valence-electron chi connectivity index (χ3n) is 13.0. The topological polar surface area (TPSA) is 120 Å². The normalized spacial score (nSPS) is 23.9. The largest absolute Gasteiger partial charge is 0.440 e. The van der Waals surface area contributed by atoms with E-state index in [-0.39, 0.29) is 0 Å². The molecule has 0 amide bonds. The fourth-order valence-corrected chi connectivity index (χ4v) is 11.1. The van der Waals surface area contributed by atoms with E-state index in [1.807, 2.05) is 37.1 Å². The summed E-state index contributed by atoms with van der Waals surface area (Å²) >= 11 is 3.54. The molecule has 0 N–H and O–H groups in total. The lowest BCUT2D eigenvalue weighted by Gasteiger charge is -2.16. The van der Waals surface area contributed by atoms with Crippen LogP contribution in [0.15, 0.2) is 92.6 Å². The summed E-state index contributed by atoms with van der Waals surface area (Å²) in [5, 5.41) is 19.1. The molecule has 2 saturated carbocycles. The molecule has 6 heterocycles. The molecule has 0 bridgehead atoms. The van der Waals surface area contributed by atoms with Crippen LogP contribution in [0.4, 0.5) is 0 Å². The molecular formula is C44H54N10O2S2. The first-order valence-electron chi connectivity index (χ1n) is 20.7. The van der Waals surface area contributed by atoms with Gasteiger partial charge in [0.05, 0.1) is 11.4 Å². The number of likely N-dealkylation sites (tertiary alicyclic amines) is 2. The summed E-state index contributed by atoms with van der Waals surface area (Å²) in [7, 11) is 3.97. The van der Waals surface area contributed by atoms with Gasteiger partial charge in [0.2, 0.25) is 11.6 Å². The van der Waals surface area contributed by atoms with Crippen LogP contribution in [0.1, 0.15) is 72.9 Å². The number of hydrogen-bond donors (Lipinski definition) is 0. The molecule has 12 nitrogen and oxygen atoms in total. The number of aryl methyl sites for hydroxylation is 2. The van der Waals surface area contributed by atoms with E-state index < -0.39 is 0 Å². The number of aromatic nitrogens is 8. The molecule has 0 unspecified atom stereocenters. The van der Waals surface area contributed by atoms with Gasteiger partial charge in [0.25, 0.3) is 0 Å². The monoisotopic (exact) mass is 818 g/mol. The summed E-state index contributed by atoms with van der Waals surface area (Å²) in [6, 6.07) is 22.1. The maximum atomic E-state index is 5.45. The van der Waals surface area contributed by atoms with E-state index in [1.54, 1.807) is 23.5 Å². The molecule has 2 aliphatic carbocycles. The van der Waals surface area contributed by atoms with Crippen molar-refractivity contribution in [3.63, 3.8) is 0 Å². The minimum Gasteiger partial charge on any atom is -0.440 e. The van der Waals surface area contributed by atoms with Gasteiger partial charge < -0.3 is 27.8 Å². The van der Waals surface area contributed by atoms with Crippen molar-refractivity contribution in [2.75, 3.05) is 50.8 Å².